The number of pyridine rings is 1. The minimum Gasteiger partial charge on any atom is -0.394 e. The summed E-state index contributed by atoms with van der Waals surface area (Å²) in [6, 6.07) is 5.72. The number of hydrogen-bond donors (Lipinski definition) is 0. The highest BCUT2D eigenvalue weighted by Gasteiger charge is 1.93. The number of hydrogen-bond acceptors (Lipinski definition) is 4. The lowest BCUT2D eigenvalue weighted by Crippen LogP contribution is -2.03. The van der Waals surface area contributed by atoms with Crippen LogP contribution >= 0.6 is 0 Å². The van der Waals surface area contributed by atoms with Gasteiger partial charge in [-0.15, -0.1) is 0 Å². The Kier molecular flexibility index (Phi) is 6.05. The van der Waals surface area contributed by atoms with Gasteiger partial charge in [-0.3, -0.25) is 14.6 Å². The summed E-state index contributed by atoms with van der Waals surface area (Å²) in [4.78, 5) is 23.4. The standard InChI is InChI=1S/C5H5N.C4H6O3/c1-2-4-6-5-3-1;1-3(5)7-4(2)6/h1-5H;1-2H3. The van der Waals surface area contributed by atoms with E-state index in [1.54, 1.807) is 12.4 Å². The van der Waals surface area contributed by atoms with Crippen molar-refractivity contribution in [3.05, 3.63) is 30.6 Å². The summed E-state index contributed by atoms with van der Waals surface area (Å²) in [7, 11) is 0. The van der Waals surface area contributed by atoms with E-state index in [1.807, 2.05) is 18.2 Å². The lowest BCUT2D eigenvalue weighted by Gasteiger charge is -1.87. The van der Waals surface area contributed by atoms with E-state index in [2.05, 4.69) is 9.72 Å². The minimum atomic E-state index is -0.562. The van der Waals surface area contributed by atoms with Crippen LogP contribution in [-0.2, 0) is 14.3 Å². The molecule has 0 bridgehead atoms. The Hall–Kier alpha value is -1.71. The molecule has 1 heterocycles. The first-order valence-electron chi connectivity index (χ1n) is 3.67. The van der Waals surface area contributed by atoms with E-state index in [1.165, 1.54) is 13.8 Å². The van der Waals surface area contributed by atoms with Crippen LogP contribution in [0.15, 0.2) is 30.6 Å². The molecule has 4 nitrogen and oxygen atoms in total. The molecule has 4 heteroatoms. The second kappa shape index (κ2) is 6.97. The zero-order valence-electron chi connectivity index (χ0n) is 7.56. The highest BCUT2D eigenvalue weighted by molar-refractivity contribution is 5.82. The van der Waals surface area contributed by atoms with Gasteiger partial charge in [0.05, 0.1) is 0 Å². The van der Waals surface area contributed by atoms with Crippen LogP contribution in [0.1, 0.15) is 13.8 Å². The van der Waals surface area contributed by atoms with E-state index in [0.717, 1.165) is 0 Å². The monoisotopic (exact) mass is 181 g/mol. The summed E-state index contributed by atoms with van der Waals surface area (Å²) in [6.45, 7) is 2.36. The van der Waals surface area contributed by atoms with Crippen molar-refractivity contribution in [2.75, 3.05) is 0 Å². The molecule has 1 aromatic rings. The number of nitrogens with zero attached hydrogens (tertiary/aromatic N) is 1. The Morgan fingerprint density at radius 3 is 1.54 bits per heavy atom. The number of carbonyl (C=O) groups excluding carboxylic acids is 2. The Morgan fingerprint density at radius 1 is 1.00 bits per heavy atom. The van der Waals surface area contributed by atoms with Gasteiger partial charge in [0.25, 0.3) is 0 Å². The van der Waals surface area contributed by atoms with Gasteiger partial charge in [-0.1, -0.05) is 6.07 Å². The molecule has 0 aliphatic heterocycles. The van der Waals surface area contributed by atoms with Crippen molar-refractivity contribution in [1.82, 2.24) is 4.98 Å². The first-order valence-corrected chi connectivity index (χ1v) is 3.67. The van der Waals surface area contributed by atoms with Crippen LogP contribution in [0, 0.1) is 0 Å². The third-order valence-corrected chi connectivity index (χ3v) is 0.854. The number of aromatic nitrogens is 1. The highest BCUT2D eigenvalue weighted by Crippen LogP contribution is 1.74. The molecule has 1 rings (SSSR count). The van der Waals surface area contributed by atoms with Gasteiger partial charge in [-0.05, 0) is 12.1 Å². The summed E-state index contributed by atoms with van der Waals surface area (Å²) < 4.78 is 3.97. The van der Waals surface area contributed by atoms with Crippen LogP contribution in [0.3, 0.4) is 0 Å². The molecular formula is C9H11NO3. The zero-order valence-corrected chi connectivity index (χ0v) is 7.56. The average molecular weight is 181 g/mol. The van der Waals surface area contributed by atoms with E-state index in [0.29, 0.717) is 0 Å². The van der Waals surface area contributed by atoms with Gasteiger partial charge in [0.2, 0.25) is 0 Å². The molecule has 0 atom stereocenters. The predicted molar refractivity (Wildman–Crippen MR) is 46.7 cm³/mol. The van der Waals surface area contributed by atoms with Gasteiger partial charge < -0.3 is 4.74 Å². The van der Waals surface area contributed by atoms with Crippen molar-refractivity contribution < 1.29 is 14.3 Å². The summed E-state index contributed by atoms with van der Waals surface area (Å²) in [6.07, 6.45) is 3.50. The van der Waals surface area contributed by atoms with Gasteiger partial charge in [0.15, 0.2) is 0 Å². The first kappa shape index (κ1) is 11.3. The van der Waals surface area contributed by atoms with Crippen molar-refractivity contribution in [2.24, 2.45) is 0 Å². The predicted octanol–water partition coefficient (Wildman–Crippen LogP) is 1.18. The number of carbonyl (C=O) groups is 2. The summed E-state index contributed by atoms with van der Waals surface area (Å²) in [5.74, 6) is -1.12. The molecule has 0 saturated carbocycles. The van der Waals surface area contributed by atoms with E-state index < -0.39 is 11.9 Å². The fraction of sp³-hybridized carbons (Fsp3) is 0.222. The maximum atomic E-state index is 9.81. The Morgan fingerprint density at radius 2 is 1.46 bits per heavy atom. The van der Waals surface area contributed by atoms with Gasteiger partial charge in [0, 0.05) is 26.2 Å². The highest BCUT2D eigenvalue weighted by atomic mass is 16.6. The molecule has 0 aromatic carbocycles. The van der Waals surface area contributed by atoms with Crippen molar-refractivity contribution in [3.8, 4) is 0 Å². The second-order valence-corrected chi connectivity index (χ2v) is 2.11. The molecule has 0 aliphatic rings. The lowest BCUT2D eigenvalue weighted by molar-refractivity contribution is -0.156. The van der Waals surface area contributed by atoms with Gasteiger partial charge >= 0.3 is 11.9 Å². The Bertz CT molecular complexity index is 220. The fourth-order valence-electron chi connectivity index (χ4n) is 0.515. The molecule has 0 aliphatic carbocycles. The Labute approximate surface area is 76.6 Å². The second-order valence-electron chi connectivity index (χ2n) is 2.11. The molecule has 0 spiro atoms. The summed E-state index contributed by atoms with van der Waals surface area (Å²) >= 11 is 0. The topological polar surface area (TPSA) is 56.3 Å². The smallest absolute Gasteiger partial charge is 0.310 e. The van der Waals surface area contributed by atoms with Gasteiger partial charge in [-0.2, -0.15) is 0 Å². The molecule has 0 fully saturated rings. The number of ether oxygens (including phenoxy) is 1. The maximum absolute atomic E-state index is 9.81. The zero-order chi connectivity index (χ0) is 10.1. The van der Waals surface area contributed by atoms with Crippen molar-refractivity contribution in [2.45, 2.75) is 13.8 Å². The van der Waals surface area contributed by atoms with Crippen molar-refractivity contribution >= 4 is 11.9 Å². The summed E-state index contributed by atoms with van der Waals surface area (Å²) in [5, 5.41) is 0. The SMILES string of the molecule is CC(=O)OC(C)=O.c1ccncc1. The molecule has 0 amide bonds. The molecule has 13 heavy (non-hydrogen) atoms. The summed E-state index contributed by atoms with van der Waals surface area (Å²) in [5.41, 5.74) is 0. The van der Waals surface area contributed by atoms with E-state index in [-0.39, 0.29) is 0 Å². The molecule has 70 valence electrons. The van der Waals surface area contributed by atoms with Crippen LogP contribution in [0.5, 0.6) is 0 Å². The van der Waals surface area contributed by atoms with E-state index in [9.17, 15) is 9.59 Å². The number of rotatable bonds is 0. The molecule has 0 radical (unpaired) electrons. The third-order valence-electron chi connectivity index (χ3n) is 0.854. The first-order chi connectivity index (χ1) is 6.13. The van der Waals surface area contributed by atoms with Crippen LogP contribution in [0.4, 0.5) is 0 Å². The van der Waals surface area contributed by atoms with Gasteiger partial charge in [-0.25, -0.2) is 0 Å². The van der Waals surface area contributed by atoms with Crippen molar-refractivity contribution in [1.29, 1.82) is 0 Å². The Balaban J connectivity index is 0.000000223. The lowest BCUT2D eigenvalue weighted by atomic mass is 10.5. The van der Waals surface area contributed by atoms with Crippen LogP contribution in [0.25, 0.3) is 0 Å². The molecule has 0 unspecified atom stereocenters. The van der Waals surface area contributed by atoms with E-state index >= 15 is 0 Å². The fourth-order valence-corrected chi connectivity index (χ4v) is 0.515. The average Bonchev–Trinajstić information content (AvgIpc) is 2.06. The van der Waals surface area contributed by atoms with Crippen LogP contribution in [0.2, 0.25) is 0 Å². The normalized spacial score (nSPS) is 7.85. The molecular weight excluding hydrogens is 170 g/mol. The van der Waals surface area contributed by atoms with Crippen LogP contribution in [-0.4, -0.2) is 16.9 Å². The minimum absolute atomic E-state index is 0.562. The quantitative estimate of drug-likeness (QED) is 0.445. The number of esters is 2. The van der Waals surface area contributed by atoms with Crippen molar-refractivity contribution in [3.63, 3.8) is 0 Å². The largest absolute Gasteiger partial charge is 0.394 e. The molecule has 0 N–H and O–H groups in total. The van der Waals surface area contributed by atoms with E-state index in [4.69, 9.17) is 0 Å². The molecule has 1 aromatic heterocycles. The van der Waals surface area contributed by atoms with Gasteiger partial charge in [0.1, 0.15) is 0 Å². The van der Waals surface area contributed by atoms with Crippen LogP contribution < -0.4 is 0 Å². The molecule has 0 saturated heterocycles. The third kappa shape index (κ3) is 10.3. The maximum Gasteiger partial charge on any atom is 0.310 e.